The number of carboxylic acids is 1. The van der Waals surface area contributed by atoms with Gasteiger partial charge in [-0.2, -0.15) is 0 Å². The predicted octanol–water partition coefficient (Wildman–Crippen LogP) is -0.823. The maximum atomic E-state index is 10.7. The van der Waals surface area contributed by atoms with Gasteiger partial charge in [0.1, 0.15) is 0 Å². The first kappa shape index (κ1) is 8.95. The Labute approximate surface area is 79.7 Å². The van der Waals surface area contributed by atoms with Gasteiger partial charge >= 0.3 is 5.97 Å². The summed E-state index contributed by atoms with van der Waals surface area (Å²) >= 11 is 0. The van der Waals surface area contributed by atoms with Crippen molar-refractivity contribution in [2.45, 2.75) is 0 Å². The van der Waals surface area contributed by atoms with Crippen LogP contribution in [0.4, 0.5) is 5.82 Å². The van der Waals surface area contributed by atoms with E-state index in [0.29, 0.717) is 18.9 Å². The number of hydrogen-bond acceptors (Lipinski definition) is 6. The average molecular weight is 198 g/mol. The zero-order chi connectivity index (χ0) is 9.97. The summed E-state index contributed by atoms with van der Waals surface area (Å²) in [7, 11) is 0. The van der Waals surface area contributed by atoms with Gasteiger partial charge < -0.3 is 15.3 Å². The number of anilines is 1. The first-order valence-electron chi connectivity index (χ1n) is 4.30. The van der Waals surface area contributed by atoms with Crippen LogP contribution < -0.4 is 10.2 Å². The molecule has 1 aliphatic rings. The molecule has 7 nitrogen and oxygen atoms in total. The smallest absolute Gasteiger partial charge is 0.362 e. The van der Waals surface area contributed by atoms with Gasteiger partial charge in [-0.05, 0) is 10.3 Å². The third-order valence-electron chi connectivity index (χ3n) is 2.09. The summed E-state index contributed by atoms with van der Waals surface area (Å²) in [5.41, 5.74) is -0.119. The van der Waals surface area contributed by atoms with Crippen molar-refractivity contribution >= 4 is 11.8 Å². The Morgan fingerprint density at radius 1 is 1.43 bits per heavy atom. The monoisotopic (exact) mass is 198 g/mol. The van der Waals surface area contributed by atoms with Crippen molar-refractivity contribution < 1.29 is 14.5 Å². The molecule has 0 radical (unpaired) electrons. The average Bonchev–Trinajstić information content (AvgIpc) is 2.67. The lowest BCUT2D eigenvalue weighted by Crippen LogP contribution is -2.44. The summed E-state index contributed by atoms with van der Waals surface area (Å²) < 4.78 is 4.42. The number of rotatable bonds is 2. The molecule has 1 aromatic heterocycles. The third kappa shape index (κ3) is 1.53. The van der Waals surface area contributed by atoms with Gasteiger partial charge in [0.05, 0.1) is 0 Å². The first-order valence-corrected chi connectivity index (χ1v) is 4.30. The molecule has 2 rings (SSSR count). The van der Waals surface area contributed by atoms with E-state index >= 15 is 0 Å². The van der Waals surface area contributed by atoms with Crippen LogP contribution >= 0.6 is 0 Å². The minimum Gasteiger partial charge on any atom is -0.476 e. The quantitative estimate of drug-likeness (QED) is 0.641. The van der Waals surface area contributed by atoms with Crippen LogP contribution in [0.2, 0.25) is 0 Å². The zero-order valence-electron chi connectivity index (χ0n) is 7.43. The summed E-state index contributed by atoms with van der Waals surface area (Å²) in [6.07, 6.45) is 0. The zero-order valence-corrected chi connectivity index (χ0v) is 7.43. The van der Waals surface area contributed by atoms with Crippen LogP contribution in [-0.4, -0.2) is 47.6 Å². The van der Waals surface area contributed by atoms with E-state index in [0.717, 1.165) is 13.1 Å². The van der Waals surface area contributed by atoms with Crippen LogP contribution in [0, 0.1) is 0 Å². The number of nitrogens with zero attached hydrogens (tertiary/aromatic N) is 3. The molecule has 14 heavy (non-hydrogen) atoms. The molecule has 0 unspecified atom stereocenters. The first-order chi connectivity index (χ1) is 6.79. The summed E-state index contributed by atoms with van der Waals surface area (Å²) in [6, 6.07) is 0. The summed E-state index contributed by atoms with van der Waals surface area (Å²) in [6.45, 7) is 3.06. The van der Waals surface area contributed by atoms with E-state index in [2.05, 4.69) is 20.3 Å². The minimum atomic E-state index is -1.11. The molecule has 0 atom stereocenters. The molecule has 1 saturated heterocycles. The minimum absolute atomic E-state index is 0.119. The molecule has 76 valence electrons. The van der Waals surface area contributed by atoms with Crippen LogP contribution in [0.3, 0.4) is 0 Å². The molecule has 1 aromatic rings. The highest BCUT2D eigenvalue weighted by molar-refractivity contribution is 5.90. The maximum Gasteiger partial charge on any atom is 0.362 e. The standard InChI is InChI=1S/C7H10N4O3/c12-7(13)5-6(10-14-9-5)11-3-1-8-2-4-11/h8H,1-4H2,(H,12,13). The molecule has 0 aromatic carbocycles. The van der Waals surface area contributed by atoms with Gasteiger partial charge in [-0.3, -0.25) is 0 Å². The van der Waals surface area contributed by atoms with Crippen molar-refractivity contribution in [3.05, 3.63) is 5.69 Å². The lowest BCUT2D eigenvalue weighted by molar-refractivity contribution is 0.0685. The summed E-state index contributed by atoms with van der Waals surface area (Å²) in [5, 5.41) is 18.9. The van der Waals surface area contributed by atoms with E-state index in [9.17, 15) is 4.79 Å². The molecule has 0 amide bonds. The van der Waals surface area contributed by atoms with Crippen LogP contribution in [0.15, 0.2) is 4.63 Å². The lowest BCUT2D eigenvalue weighted by Gasteiger charge is -2.26. The lowest BCUT2D eigenvalue weighted by atomic mass is 10.3. The van der Waals surface area contributed by atoms with Crippen molar-refractivity contribution in [1.29, 1.82) is 0 Å². The highest BCUT2D eigenvalue weighted by Gasteiger charge is 2.23. The van der Waals surface area contributed by atoms with Gasteiger partial charge in [-0.1, -0.05) is 0 Å². The Kier molecular flexibility index (Phi) is 2.32. The second-order valence-corrected chi connectivity index (χ2v) is 2.98. The number of nitrogens with one attached hydrogen (secondary N) is 1. The van der Waals surface area contributed by atoms with Gasteiger partial charge in [0.2, 0.25) is 11.5 Å². The van der Waals surface area contributed by atoms with E-state index in [-0.39, 0.29) is 5.69 Å². The molecular formula is C7H10N4O3. The SMILES string of the molecule is O=C(O)c1nonc1N1CCNCC1. The summed E-state index contributed by atoms with van der Waals surface area (Å²) in [5.74, 6) is -0.793. The Morgan fingerprint density at radius 3 is 2.79 bits per heavy atom. The molecule has 0 bridgehead atoms. The third-order valence-corrected chi connectivity index (χ3v) is 2.09. The van der Waals surface area contributed by atoms with Crippen molar-refractivity contribution in [3.8, 4) is 0 Å². The Bertz CT molecular complexity index is 331. The van der Waals surface area contributed by atoms with Crippen molar-refractivity contribution in [2.75, 3.05) is 31.1 Å². The highest BCUT2D eigenvalue weighted by atomic mass is 16.6. The number of carboxylic acid groups (broad SMARTS) is 1. The fourth-order valence-corrected chi connectivity index (χ4v) is 1.40. The van der Waals surface area contributed by atoms with Crippen LogP contribution in [0.1, 0.15) is 10.5 Å². The van der Waals surface area contributed by atoms with Crippen molar-refractivity contribution in [1.82, 2.24) is 15.6 Å². The summed E-state index contributed by atoms with van der Waals surface area (Å²) in [4.78, 5) is 12.6. The Morgan fingerprint density at radius 2 is 2.14 bits per heavy atom. The molecule has 0 spiro atoms. The van der Waals surface area contributed by atoms with E-state index in [1.807, 2.05) is 4.90 Å². The second kappa shape index (κ2) is 3.62. The van der Waals surface area contributed by atoms with Crippen LogP contribution in [0.5, 0.6) is 0 Å². The van der Waals surface area contributed by atoms with Crippen molar-refractivity contribution in [3.63, 3.8) is 0 Å². The van der Waals surface area contributed by atoms with Gasteiger partial charge in [0, 0.05) is 26.2 Å². The molecule has 7 heteroatoms. The molecular weight excluding hydrogens is 188 g/mol. The molecule has 2 heterocycles. The van der Waals surface area contributed by atoms with E-state index in [4.69, 9.17) is 5.11 Å². The van der Waals surface area contributed by atoms with Gasteiger partial charge in [-0.15, -0.1) is 0 Å². The van der Waals surface area contributed by atoms with Crippen LogP contribution in [0.25, 0.3) is 0 Å². The number of carbonyl (C=O) groups is 1. The molecule has 0 aliphatic carbocycles. The van der Waals surface area contributed by atoms with Crippen molar-refractivity contribution in [2.24, 2.45) is 0 Å². The molecule has 2 N–H and O–H groups in total. The molecule has 1 fully saturated rings. The number of hydrogen-bond donors (Lipinski definition) is 2. The van der Waals surface area contributed by atoms with Gasteiger partial charge in [0.25, 0.3) is 0 Å². The fraction of sp³-hybridized carbons (Fsp3) is 0.571. The fourth-order valence-electron chi connectivity index (χ4n) is 1.40. The largest absolute Gasteiger partial charge is 0.476 e. The van der Waals surface area contributed by atoms with E-state index in [1.165, 1.54) is 0 Å². The maximum absolute atomic E-state index is 10.7. The van der Waals surface area contributed by atoms with Crippen LogP contribution in [-0.2, 0) is 0 Å². The number of piperazine rings is 1. The Balaban J connectivity index is 2.21. The highest BCUT2D eigenvalue weighted by Crippen LogP contribution is 2.15. The van der Waals surface area contributed by atoms with Gasteiger partial charge in [-0.25, -0.2) is 9.42 Å². The number of aromatic carboxylic acids is 1. The normalized spacial score (nSPS) is 17.0. The predicted molar refractivity (Wildman–Crippen MR) is 46.3 cm³/mol. The second-order valence-electron chi connectivity index (χ2n) is 2.98. The number of aromatic nitrogens is 2. The van der Waals surface area contributed by atoms with E-state index in [1.54, 1.807) is 0 Å². The Hall–Kier alpha value is -1.63. The molecule has 1 aliphatic heterocycles. The van der Waals surface area contributed by atoms with Gasteiger partial charge in [0.15, 0.2) is 0 Å². The topological polar surface area (TPSA) is 91.5 Å². The molecule has 0 saturated carbocycles. The van der Waals surface area contributed by atoms with E-state index < -0.39 is 5.97 Å².